The fourth-order valence-electron chi connectivity index (χ4n) is 3.46. The Balaban J connectivity index is 1.50. The van der Waals surface area contributed by atoms with Crippen molar-refractivity contribution in [2.24, 2.45) is 0 Å². The van der Waals surface area contributed by atoms with Crippen LogP contribution in [0.1, 0.15) is 15.9 Å². The molecule has 0 unspecified atom stereocenters. The number of morpholine rings is 1. The molecule has 0 aromatic heterocycles. The zero-order valence-corrected chi connectivity index (χ0v) is 14.5. The third-order valence-corrected chi connectivity index (χ3v) is 4.87. The van der Waals surface area contributed by atoms with Crippen LogP contribution in [-0.2, 0) is 16.1 Å². The Bertz CT molecular complexity index is 813. The van der Waals surface area contributed by atoms with Crippen LogP contribution in [-0.4, -0.2) is 44.7 Å². The number of ether oxygens (including phenoxy) is 1. The second-order valence-electron chi connectivity index (χ2n) is 6.69. The second-order valence-corrected chi connectivity index (χ2v) is 6.69. The van der Waals surface area contributed by atoms with Gasteiger partial charge in [-0.2, -0.15) is 0 Å². The van der Waals surface area contributed by atoms with Gasteiger partial charge < -0.3 is 15.0 Å². The molecule has 26 heavy (non-hydrogen) atoms. The number of benzene rings is 2. The first-order valence-electron chi connectivity index (χ1n) is 8.92. The van der Waals surface area contributed by atoms with Crippen LogP contribution in [0.2, 0.25) is 0 Å². The maximum absolute atomic E-state index is 12.9. The molecule has 2 aliphatic rings. The summed E-state index contributed by atoms with van der Waals surface area (Å²) in [4.78, 5) is 27.9. The van der Waals surface area contributed by atoms with E-state index < -0.39 is 0 Å². The lowest BCUT2D eigenvalue weighted by Gasteiger charge is -2.29. The average Bonchev–Trinajstić information content (AvgIpc) is 2.68. The molecule has 2 N–H and O–H groups in total. The number of nitrogens with one attached hydrogen (secondary N) is 2. The Kier molecular flexibility index (Phi) is 4.69. The van der Waals surface area contributed by atoms with Gasteiger partial charge in [-0.05, 0) is 24.3 Å². The van der Waals surface area contributed by atoms with Gasteiger partial charge in [0.15, 0.2) is 0 Å². The van der Waals surface area contributed by atoms with Gasteiger partial charge in [-0.1, -0.05) is 24.3 Å². The molecule has 0 spiro atoms. The number of amides is 2. The van der Waals surface area contributed by atoms with Crippen molar-refractivity contribution in [3.8, 4) is 0 Å². The van der Waals surface area contributed by atoms with Crippen LogP contribution in [0.25, 0.3) is 0 Å². The largest absolute Gasteiger partial charge is 0.370 e. The van der Waals surface area contributed by atoms with E-state index in [0.717, 1.165) is 38.5 Å². The molecule has 0 aliphatic carbocycles. The Morgan fingerprint density at radius 2 is 1.81 bits per heavy atom. The van der Waals surface area contributed by atoms with Crippen molar-refractivity contribution in [3.63, 3.8) is 0 Å². The molecule has 1 saturated heterocycles. The molecule has 2 aliphatic heterocycles. The molecular weight excluding hydrogens is 330 g/mol. The van der Waals surface area contributed by atoms with Crippen molar-refractivity contribution in [1.82, 2.24) is 0 Å². The van der Waals surface area contributed by atoms with E-state index in [4.69, 9.17) is 4.74 Å². The smallest absolute Gasteiger partial charge is 0.258 e. The van der Waals surface area contributed by atoms with Crippen molar-refractivity contribution in [1.29, 1.82) is 0 Å². The van der Waals surface area contributed by atoms with Crippen LogP contribution >= 0.6 is 0 Å². The van der Waals surface area contributed by atoms with Gasteiger partial charge in [0.1, 0.15) is 26.2 Å². The van der Waals surface area contributed by atoms with Crippen molar-refractivity contribution in [3.05, 3.63) is 59.7 Å². The Morgan fingerprint density at radius 1 is 1.08 bits per heavy atom. The number of nitrogens with zero attached hydrogens (tertiary/aromatic N) is 1. The normalized spacial score (nSPS) is 17.5. The SMILES string of the molecule is O=C1CN(C(=O)c2ccc(C[NH+]3CCOCC3)cc2)c2ccccc2N1. The molecule has 0 atom stereocenters. The highest BCUT2D eigenvalue weighted by atomic mass is 16.5. The molecule has 2 heterocycles. The molecule has 134 valence electrons. The van der Waals surface area contributed by atoms with Crippen molar-refractivity contribution < 1.29 is 19.2 Å². The van der Waals surface area contributed by atoms with Gasteiger partial charge in [0.2, 0.25) is 5.91 Å². The van der Waals surface area contributed by atoms with Crippen LogP contribution in [0.3, 0.4) is 0 Å². The maximum Gasteiger partial charge on any atom is 0.258 e. The van der Waals surface area contributed by atoms with E-state index >= 15 is 0 Å². The Hall–Kier alpha value is -2.70. The van der Waals surface area contributed by atoms with E-state index in [-0.39, 0.29) is 18.4 Å². The molecule has 6 heteroatoms. The molecule has 2 amide bonds. The van der Waals surface area contributed by atoms with Gasteiger partial charge in [0.25, 0.3) is 5.91 Å². The fraction of sp³-hybridized carbons (Fsp3) is 0.300. The third-order valence-electron chi connectivity index (χ3n) is 4.87. The molecular formula is C20H22N3O3+. The van der Waals surface area contributed by atoms with E-state index in [9.17, 15) is 9.59 Å². The van der Waals surface area contributed by atoms with E-state index in [1.165, 1.54) is 15.4 Å². The summed E-state index contributed by atoms with van der Waals surface area (Å²) in [6.07, 6.45) is 0. The van der Waals surface area contributed by atoms with Crippen LogP contribution in [0, 0.1) is 0 Å². The number of fused-ring (bicyclic) bond motifs is 1. The molecule has 1 fully saturated rings. The van der Waals surface area contributed by atoms with Gasteiger partial charge >= 0.3 is 0 Å². The summed E-state index contributed by atoms with van der Waals surface area (Å²) in [6.45, 7) is 4.62. The van der Waals surface area contributed by atoms with Crippen molar-refractivity contribution >= 4 is 23.2 Å². The number of hydrogen-bond donors (Lipinski definition) is 2. The van der Waals surface area contributed by atoms with Crippen molar-refractivity contribution in [2.75, 3.05) is 43.1 Å². The van der Waals surface area contributed by atoms with E-state index in [0.29, 0.717) is 11.3 Å². The molecule has 2 aromatic carbocycles. The minimum atomic E-state index is -0.176. The highest BCUT2D eigenvalue weighted by molar-refractivity contribution is 6.15. The number of carbonyl (C=O) groups is 2. The molecule has 6 nitrogen and oxygen atoms in total. The maximum atomic E-state index is 12.9. The number of hydrogen-bond acceptors (Lipinski definition) is 3. The summed E-state index contributed by atoms with van der Waals surface area (Å²) in [7, 11) is 0. The summed E-state index contributed by atoms with van der Waals surface area (Å²) < 4.78 is 5.39. The number of carbonyl (C=O) groups excluding carboxylic acids is 2. The van der Waals surface area contributed by atoms with Crippen LogP contribution < -0.4 is 15.1 Å². The number of quaternary nitrogens is 1. The second kappa shape index (κ2) is 7.27. The van der Waals surface area contributed by atoms with E-state index in [1.807, 2.05) is 42.5 Å². The minimum absolute atomic E-state index is 0.0372. The number of para-hydroxylation sites is 2. The zero-order chi connectivity index (χ0) is 17.9. The topological polar surface area (TPSA) is 63.1 Å². The Morgan fingerprint density at radius 3 is 2.58 bits per heavy atom. The molecule has 0 radical (unpaired) electrons. The van der Waals surface area contributed by atoms with Gasteiger partial charge in [-0.15, -0.1) is 0 Å². The minimum Gasteiger partial charge on any atom is -0.370 e. The summed E-state index contributed by atoms with van der Waals surface area (Å²) in [5.74, 6) is -0.331. The fourth-order valence-corrected chi connectivity index (χ4v) is 3.46. The predicted molar refractivity (Wildman–Crippen MR) is 98.4 cm³/mol. The first-order valence-corrected chi connectivity index (χ1v) is 8.92. The first kappa shape index (κ1) is 16.8. The van der Waals surface area contributed by atoms with Crippen LogP contribution in [0.5, 0.6) is 0 Å². The monoisotopic (exact) mass is 352 g/mol. The van der Waals surface area contributed by atoms with Gasteiger partial charge in [0.05, 0.1) is 24.6 Å². The Labute approximate surface area is 152 Å². The van der Waals surface area contributed by atoms with E-state index in [1.54, 1.807) is 6.07 Å². The third kappa shape index (κ3) is 3.47. The summed E-state index contributed by atoms with van der Waals surface area (Å²) >= 11 is 0. The van der Waals surface area contributed by atoms with E-state index in [2.05, 4.69) is 5.32 Å². The standard InChI is InChI=1S/C20H21N3O3/c24-19-14-23(18-4-2-1-3-17(18)21-19)20(25)16-7-5-15(6-8-16)13-22-9-11-26-12-10-22/h1-8H,9-14H2,(H,21,24)/p+1. The molecule has 4 rings (SSSR count). The first-order chi connectivity index (χ1) is 12.7. The van der Waals surface area contributed by atoms with Gasteiger partial charge in [0, 0.05) is 11.1 Å². The highest BCUT2D eigenvalue weighted by Gasteiger charge is 2.27. The zero-order valence-electron chi connectivity index (χ0n) is 14.5. The molecule has 2 aromatic rings. The number of rotatable bonds is 3. The lowest BCUT2D eigenvalue weighted by atomic mass is 10.1. The lowest BCUT2D eigenvalue weighted by molar-refractivity contribution is -0.921. The van der Waals surface area contributed by atoms with Crippen LogP contribution in [0.4, 0.5) is 11.4 Å². The summed E-state index contributed by atoms with van der Waals surface area (Å²) in [5, 5.41) is 2.80. The van der Waals surface area contributed by atoms with Crippen LogP contribution in [0.15, 0.2) is 48.5 Å². The summed E-state index contributed by atoms with van der Waals surface area (Å²) in [6, 6.07) is 15.1. The predicted octanol–water partition coefficient (Wildman–Crippen LogP) is 0.701. The number of anilines is 2. The lowest BCUT2D eigenvalue weighted by Crippen LogP contribution is -3.12. The van der Waals surface area contributed by atoms with Gasteiger partial charge in [-0.25, -0.2) is 0 Å². The molecule has 0 saturated carbocycles. The quantitative estimate of drug-likeness (QED) is 0.855. The highest BCUT2D eigenvalue weighted by Crippen LogP contribution is 2.30. The van der Waals surface area contributed by atoms with Crippen molar-refractivity contribution in [2.45, 2.75) is 6.54 Å². The van der Waals surface area contributed by atoms with Gasteiger partial charge in [-0.3, -0.25) is 14.5 Å². The average molecular weight is 352 g/mol. The molecule has 0 bridgehead atoms. The summed E-state index contributed by atoms with van der Waals surface area (Å²) in [5.41, 5.74) is 3.20.